The van der Waals surface area contributed by atoms with Crippen molar-refractivity contribution in [2.75, 3.05) is 13.2 Å². The number of aromatic carboxylic acids is 1. The Morgan fingerprint density at radius 2 is 1.76 bits per heavy atom. The van der Waals surface area contributed by atoms with Crippen LogP contribution in [-0.4, -0.2) is 24.3 Å². The van der Waals surface area contributed by atoms with Gasteiger partial charge in [-0.05, 0) is 55.0 Å². The molecule has 2 aromatic rings. The summed E-state index contributed by atoms with van der Waals surface area (Å²) < 4.78 is 12.1. The van der Waals surface area contributed by atoms with E-state index < -0.39 is 5.97 Å². The van der Waals surface area contributed by atoms with Crippen LogP contribution in [0.2, 0.25) is 0 Å². The molecule has 0 aliphatic rings. The average Bonchev–Trinajstić information content (AvgIpc) is 2.46. The minimum absolute atomic E-state index is 0.256. The first-order valence-electron chi connectivity index (χ1n) is 6.41. The first-order valence-corrected chi connectivity index (χ1v) is 7.20. The summed E-state index contributed by atoms with van der Waals surface area (Å²) in [6.45, 7) is 2.63. The fourth-order valence-corrected chi connectivity index (χ4v) is 2.05. The second-order valence-corrected chi connectivity index (χ2v) is 5.35. The van der Waals surface area contributed by atoms with Gasteiger partial charge < -0.3 is 14.6 Å². The van der Waals surface area contributed by atoms with Gasteiger partial charge in [-0.1, -0.05) is 15.9 Å². The summed E-state index contributed by atoms with van der Waals surface area (Å²) in [7, 11) is 0. The number of carbonyl (C=O) groups is 1. The van der Waals surface area contributed by atoms with Gasteiger partial charge in [-0.15, -0.1) is 0 Å². The van der Waals surface area contributed by atoms with Crippen molar-refractivity contribution >= 4 is 21.9 Å². The summed E-state index contributed by atoms with van der Waals surface area (Å²) >= 11 is 3.36. The first kappa shape index (κ1) is 15.4. The quantitative estimate of drug-likeness (QED) is 0.802. The molecule has 0 saturated heterocycles. The molecule has 21 heavy (non-hydrogen) atoms. The molecule has 0 aliphatic carbocycles. The molecule has 5 heteroatoms. The highest BCUT2D eigenvalue weighted by Gasteiger charge is 2.06. The molecule has 0 atom stereocenters. The predicted octanol–water partition coefficient (Wildman–Crippen LogP) is 3.91. The molecule has 4 nitrogen and oxygen atoms in total. The third-order valence-electron chi connectivity index (χ3n) is 2.85. The first-order chi connectivity index (χ1) is 10.1. The molecule has 2 rings (SSSR count). The van der Waals surface area contributed by atoms with Crippen molar-refractivity contribution in [3.63, 3.8) is 0 Å². The number of ether oxygens (including phenoxy) is 2. The zero-order chi connectivity index (χ0) is 15.2. The highest BCUT2D eigenvalue weighted by Crippen LogP contribution is 2.19. The molecule has 0 heterocycles. The van der Waals surface area contributed by atoms with Crippen LogP contribution in [-0.2, 0) is 0 Å². The van der Waals surface area contributed by atoms with Crippen molar-refractivity contribution in [3.8, 4) is 11.5 Å². The lowest BCUT2D eigenvalue weighted by Gasteiger charge is -2.11. The van der Waals surface area contributed by atoms with E-state index in [1.807, 2.05) is 31.2 Å². The van der Waals surface area contributed by atoms with Gasteiger partial charge >= 0.3 is 5.97 Å². The minimum atomic E-state index is -0.941. The third-order valence-corrected chi connectivity index (χ3v) is 3.37. The van der Waals surface area contributed by atoms with E-state index in [4.69, 9.17) is 14.6 Å². The Morgan fingerprint density at radius 3 is 2.38 bits per heavy atom. The molecule has 110 valence electrons. The standard InChI is InChI=1S/C16H15BrO4/c1-11-10-12(16(18)19)2-7-15(11)21-9-8-20-14-5-3-13(17)4-6-14/h2-7,10H,8-9H2,1H3,(H,18,19). The van der Waals surface area contributed by atoms with Crippen LogP contribution in [0.3, 0.4) is 0 Å². The number of benzene rings is 2. The van der Waals surface area contributed by atoms with Gasteiger partial charge in [0.15, 0.2) is 0 Å². The Balaban J connectivity index is 1.83. The Kier molecular flexibility index (Phi) is 5.22. The molecule has 0 spiro atoms. The van der Waals surface area contributed by atoms with Crippen molar-refractivity contribution in [1.29, 1.82) is 0 Å². The van der Waals surface area contributed by atoms with Gasteiger partial charge in [-0.3, -0.25) is 0 Å². The highest BCUT2D eigenvalue weighted by atomic mass is 79.9. The highest BCUT2D eigenvalue weighted by molar-refractivity contribution is 9.10. The molecule has 0 fully saturated rings. The fraction of sp³-hybridized carbons (Fsp3) is 0.188. The van der Waals surface area contributed by atoms with E-state index in [0.29, 0.717) is 19.0 Å². The number of aryl methyl sites for hydroxylation is 1. The summed E-state index contributed by atoms with van der Waals surface area (Å²) in [5, 5.41) is 8.90. The smallest absolute Gasteiger partial charge is 0.335 e. The maximum Gasteiger partial charge on any atom is 0.335 e. The molecule has 0 radical (unpaired) electrons. The van der Waals surface area contributed by atoms with E-state index in [2.05, 4.69) is 15.9 Å². The second-order valence-electron chi connectivity index (χ2n) is 4.44. The summed E-state index contributed by atoms with van der Waals surface area (Å²) in [5.41, 5.74) is 1.05. The molecule has 0 aromatic heterocycles. The Morgan fingerprint density at radius 1 is 1.10 bits per heavy atom. The van der Waals surface area contributed by atoms with Crippen LogP contribution in [0, 0.1) is 6.92 Å². The minimum Gasteiger partial charge on any atom is -0.490 e. The van der Waals surface area contributed by atoms with Crippen LogP contribution in [0.15, 0.2) is 46.9 Å². The molecule has 0 aliphatic heterocycles. The van der Waals surface area contributed by atoms with E-state index in [-0.39, 0.29) is 5.56 Å². The van der Waals surface area contributed by atoms with Crippen LogP contribution >= 0.6 is 15.9 Å². The molecule has 0 saturated carbocycles. The molecule has 2 aromatic carbocycles. The summed E-state index contributed by atoms with van der Waals surface area (Å²) in [4.78, 5) is 10.8. The van der Waals surface area contributed by atoms with Crippen molar-refractivity contribution in [3.05, 3.63) is 58.1 Å². The van der Waals surface area contributed by atoms with Gasteiger partial charge in [0, 0.05) is 4.47 Å². The zero-order valence-electron chi connectivity index (χ0n) is 11.5. The summed E-state index contributed by atoms with van der Waals surface area (Å²) in [6.07, 6.45) is 0. The average molecular weight is 351 g/mol. The van der Waals surface area contributed by atoms with E-state index in [1.54, 1.807) is 12.1 Å². The third kappa shape index (κ3) is 4.49. The van der Waals surface area contributed by atoms with Crippen LogP contribution < -0.4 is 9.47 Å². The SMILES string of the molecule is Cc1cc(C(=O)O)ccc1OCCOc1ccc(Br)cc1. The predicted molar refractivity (Wildman–Crippen MR) is 83.3 cm³/mol. The van der Waals surface area contributed by atoms with Crippen molar-refractivity contribution in [2.24, 2.45) is 0 Å². The lowest BCUT2D eigenvalue weighted by atomic mass is 10.1. The summed E-state index contributed by atoms with van der Waals surface area (Å²) in [6, 6.07) is 12.3. The van der Waals surface area contributed by atoms with Crippen LogP contribution in [0.1, 0.15) is 15.9 Å². The molecular formula is C16H15BrO4. The van der Waals surface area contributed by atoms with Crippen molar-refractivity contribution in [2.45, 2.75) is 6.92 Å². The van der Waals surface area contributed by atoms with E-state index in [9.17, 15) is 4.79 Å². The number of carboxylic acid groups (broad SMARTS) is 1. The van der Waals surface area contributed by atoms with E-state index in [1.165, 1.54) is 6.07 Å². The molecule has 1 N–H and O–H groups in total. The maximum atomic E-state index is 10.8. The number of hydrogen-bond acceptors (Lipinski definition) is 3. The number of rotatable bonds is 6. The summed E-state index contributed by atoms with van der Waals surface area (Å²) in [5.74, 6) is 0.502. The van der Waals surface area contributed by atoms with Crippen molar-refractivity contribution in [1.82, 2.24) is 0 Å². The van der Waals surface area contributed by atoms with Crippen LogP contribution in [0.25, 0.3) is 0 Å². The van der Waals surface area contributed by atoms with Crippen LogP contribution in [0.5, 0.6) is 11.5 Å². The van der Waals surface area contributed by atoms with E-state index >= 15 is 0 Å². The van der Waals surface area contributed by atoms with E-state index in [0.717, 1.165) is 15.8 Å². The van der Waals surface area contributed by atoms with Gasteiger partial charge in [0.2, 0.25) is 0 Å². The topological polar surface area (TPSA) is 55.8 Å². The zero-order valence-corrected chi connectivity index (χ0v) is 13.1. The number of hydrogen-bond donors (Lipinski definition) is 1. The van der Waals surface area contributed by atoms with Gasteiger partial charge in [-0.2, -0.15) is 0 Å². The normalized spacial score (nSPS) is 10.2. The van der Waals surface area contributed by atoms with Gasteiger partial charge in [0.25, 0.3) is 0 Å². The maximum absolute atomic E-state index is 10.8. The fourth-order valence-electron chi connectivity index (χ4n) is 1.79. The Hall–Kier alpha value is -2.01. The Labute approximate surface area is 131 Å². The molecule has 0 amide bonds. The van der Waals surface area contributed by atoms with Gasteiger partial charge in [-0.25, -0.2) is 4.79 Å². The lowest BCUT2D eigenvalue weighted by Crippen LogP contribution is -2.10. The number of carboxylic acids is 1. The monoisotopic (exact) mass is 350 g/mol. The molecule has 0 bridgehead atoms. The Bertz CT molecular complexity index is 623. The second kappa shape index (κ2) is 7.13. The lowest BCUT2D eigenvalue weighted by molar-refractivity contribution is 0.0696. The van der Waals surface area contributed by atoms with Gasteiger partial charge in [0.1, 0.15) is 24.7 Å². The molecule has 0 unspecified atom stereocenters. The largest absolute Gasteiger partial charge is 0.490 e. The number of halogens is 1. The van der Waals surface area contributed by atoms with Gasteiger partial charge in [0.05, 0.1) is 5.56 Å². The van der Waals surface area contributed by atoms with Crippen LogP contribution in [0.4, 0.5) is 0 Å². The van der Waals surface area contributed by atoms with Crippen molar-refractivity contribution < 1.29 is 19.4 Å². The molecular weight excluding hydrogens is 336 g/mol.